The van der Waals surface area contributed by atoms with E-state index in [1.54, 1.807) is 43.6 Å². The van der Waals surface area contributed by atoms with Crippen LogP contribution in [0, 0.1) is 6.92 Å². The first-order valence-electron chi connectivity index (χ1n) is 9.36. The van der Waals surface area contributed by atoms with Gasteiger partial charge in [-0.05, 0) is 42.3 Å². The molecule has 1 amide bonds. The second-order valence-corrected chi connectivity index (χ2v) is 10.1. The molecule has 8 nitrogen and oxygen atoms in total. The van der Waals surface area contributed by atoms with E-state index in [1.807, 2.05) is 6.07 Å². The van der Waals surface area contributed by atoms with E-state index < -0.39 is 27.9 Å². The fraction of sp³-hybridized carbons (Fsp3) is 0.190. The number of nitrogens with one attached hydrogen (secondary N) is 2. The zero-order chi connectivity index (χ0) is 23.3. The van der Waals surface area contributed by atoms with Crippen LogP contribution in [0.25, 0.3) is 11.1 Å². The number of aromatic nitrogens is 1. The van der Waals surface area contributed by atoms with Crippen molar-refractivity contribution in [1.82, 2.24) is 15.0 Å². The number of methoxy groups -OCH3 is 1. The van der Waals surface area contributed by atoms with Crippen LogP contribution in [-0.2, 0) is 19.6 Å². The van der Waals surface area contributed by atoms with Gasteiger partial charge in [0.25, 0.3) is 5.91 Å². The molecule has 0 saturated carbocycles. The molecule has 0 saturated heterocycles. The number of hydrogen-bond acceptors (Lipinski definition) is 7. The highest BCUT2D eigenvalue weighted by Crippen LogP contribution is 2.27. The summed E-state index contributed by atoms with van der Waals surface area (Å²) in [7, 11) is -2.99. The molecule has 1 aromatic carbocycles. The molecule has 32 heavy (non-hydrogen) atoms. The molecule has 168 valence electrons. The third-order valence-electron chi connectivity index (χ3n) is 4.59. The first-order valence-corrected chi connectivity index (χ1v) is 12.0. The minimum absolute atomic E-state index is 0.00382. The van der Waals surface area contributed by atoms with Gasteiger partial charge in [-0.15, -0.1) is 11.3 Å². The van der Waals surface area contributed by atoms with Gasteiger partial charge in [-0.1, -0.05) is 29.8 Å². The summed E-state index contributed by atoms with van der Waals surface area (Å²) in [5.41, 5.74) is 1.95. The van der Waals surface area contributed by atoms with Crippen LogP contribution in [0.4, 0.5) is 0 Å². The van der Waals surface area contributed by atoms with E-state index in [-0.39, 0.29) is 11.4 Å². The number of halogens is 1. The second kappa shape index (κ2) is 10.2. The number of pyridine rings is 1. The number of thiophene rings is 1. The summed E-state index contributed by atoms with van der Waals surface area (Å²) in [4.78, 5) is 28.9. The Labute approximate surface area is 194 Å². The molecule has 0 aliphatic rings. The quantitative estimate of drug-likeness (QED) is 0.466. The summed E-state index contributed by atoms with van der Waals surface area (Å²) in [5.74, 6) is -1.32. The highest BCUT2D eigenvalue weighted by Gasteiger charge is 2.29. The van der Waals surface area contributed by atoms with Gasteiger partial charge in [0.1, 0.15) is 6.04 Å². The van der Waals surface area contributed by atoms with E-state index in [0.29, 0.717) is 20.3 Å². The average molecular weight is 494 g/mol. The lowest BCUT2D eigenvalue weighted by Crippen LogP contribution is -2.48. The fourth-order valence-electron chi connectivity index (χ4n) is 3.02. The van der Waals surface area contributed by atoms with Crippen molar-refractivity contribution in [3.63, 3.8) is 0 Å². The number of benzene rings is 1. The van der Waals surface area contributed by atoms with Crippen molar-refractivity contribution >= 4 is 44.8 Å². The number of carbonyl (C=O) groups excluding carboxylic acids is 2. The predicted molar refractivity (Wildman–Crippen MR) is 122 cm³/mol. The molecule has 0 radical (unpaired) electrons. The van der Waals surface area contributed by atoms with Gasteiger partial charge in [0, 0.05) is 24.5 Å². The van der Waals surface area contributed by atoms with E-state index in [2.05, 4.69) is 15.0 Å². The first-order chi connectivity index (χ1) is 15.2. The predicted octanol–water partition coefficient (Wildman–Crippen LogP) is 3.02. The van der Waals surface area contributed by atoms with Gasteiger partial charge >= 0.3 is 5.97 Å². The highest BCUT2D eigenvalue weighted by atomic mass is 35.5. The van der Waals surface area contributed by atoms with Crippen molar-refractivity contribution in [2.24, 2.45) is 0 Å². The molecule has 2 aromatic heterocycles. The van der Waals surface area contributed by atoms with Crippen molar-refractivity contribution in [3.05, 3.63) is 69.6 Å². The van der Waals surface area contributed by atoms with Crippen LogP contribution in [-0.4, -0.2) is 45.0 Å². The number of ether oxygens (including phenoxy) is 1. The summed E-state index contributed by atoms with van der Waals surface area (Å²) in [6, 6.07) is 10.2. The lowest BCUT2D eigenvalue weighted by atomic mass is 10.0. The van der Waals surface area contributed by atoms with Crippen LogP contribution >= 0.6 is 22.9 Å². The fourth-order valence-corrected chi connectivity index (χ4v) is 5.44. The summed E-state index contributed by atoms with van der Waals surface area (Å²) in [6.45, 7) is 1.37. The van der Waals surface area contributed by atoms with Crippen molar-refractivity contribution in [2.75, 3.05) is 13.7 Å². The highest BCUT2D eigenvalue weighted by molar-refractivity contribution is 7.89. The van der Waals surface area contributed by atoms with Crippen molar-refractivity contribution in [3.8, 4) is 11.1 Å². The van der Waals surface area contributed by atoms with Crippen LogP contribution in [0.3, 0.4) is 0 Å². The summed E-state index contributed by atoms with van der Waals surface area (Å²) in [6.07, 6.45) is 3.26. The SMILES string of the molecule is COC(=O)C(CNC(=O)c1ccc(Cl)s1)NS(=O)(=O)c1cccc(-c2cccnc2)c1C. The number of nitrogens with zero attached hydrogens (tertiary/aromatic N) is 1. The molecule has 0 spiro atoms. The van der Waals surface area contributed by atoms with Crippen LogP contribution in [0.5, 0.6) is 0 Å². The molecule has 0 bridgehead atoms. The lowest BCUT2D eigenvalue weighted by molar-refractivity contribution is -0.142. The zero-order valence-corrected chi connectivity index (χ0v) is 19.6. The number of rotatable bonds is 8. The van der Waals surface area contributed by atoms with Crippen LogP contribution < -0.4 is 10.0 Å². The van der Waals surface area contributed by atoms with Gasteiger partial charge in [-0.3, -0.25) is 14.6 Å². The van der Waals surface area contributed by atoms with Gasteiger partial charge in [0.2, 0.25) is 10.0 Å². The standard InChI is InChI=1S/C21H20ClN3O5S2/c1-13-15(14-5-4-10-23-11-14)6-3-7-18(13)32(28,29)25-16(21(27)30-2)12-24-20(26)17-8-9-19(22)31-17/h3-11,16,25H,12H2,1-2H3,(H,24,26). The molecular weight excluding hydrogens is 474 g/mol. The van der Waals surface area contributed by atoms with Gasteiger partial charge in [0.15, 0.2) is 0 Å². The van der Waals surface area contributed by atoms with Gasteiger partial charge in [0.05, 0.1) is 21.2 Å². The summed E-state index contributed by atoms with van der Waals surface area (Å²) >= 11 is 6.90. The molecule has 0 aliphatic heterocycles. The maximum Gasteiger partial charge on any atom is 0.325 e. The molecule has 1 atom stereocenters. The molecule has 3 rings (SSSR count). The Bertz CT molecular complexity index is 1230. The molecule has 0 fully saturated rings. The minimum atomic E-state index is -4.13. The van der Waals surface area contributed by atoms with Crippen molar-refractivity contribution < 1.29 is 22.7 Å². The molecule has 2 N–H and O–H groups in total. The largest absolute Gasteiger partial charge is 0.468 e. The second-order valence-electron chi connectivity index (χ2n) is 6.68. The molecule has 1 unspecified atom stereocenters. The van der Waals surface area contributed by atoms with E-state index in [4.69, 9.17) is 16.3 Å². The Morgan fingerprint density at radius 2 is 1.97 bits per heavy atom. The number of amides is 1. The monoisotopic (exact) mass is 493 g/mol. The zero-order valence-electron chi connectivity index (χ0n) is 17.2. The molecular formula is C21H20ClN3O5S2. The number of esters is 1. The molecule has 2 heterocycles. The lowest BCUT2D eigenvalue weighted by Gasteiger charge is -2.19. The number of carbonyl (C=O) groups is 2. The first kappa shape index (κ1) is 23.9. The molecule has 3 aromatic rings. The average Bonchev–Trinajstić information content (AvgIpc) is 3.22. The topological polar surface area (TPSA) is 114 Å². The normalized spacial score (nSPS) is 12.2. The van der Waals surface area contributed by atoms with Gasteiger partial charge in [-0.25, -0.2) is 8.42 Å². The van der Waals surface area contributed by atoms with E-state index in [1.165, 1.54) is 12.1 Å². The maximum atomic E-state index is 13.1. The van der Waals surface area contributed by atoms with Crippen molar-refractivity contribution in [2.45, 2.75) is 17.9 Å². The smallest absolute Gasteiger partial charge is 0.325 e. The third kappa shape index (κ3) is 5.52. The Morgan fingerprint density at radius 1 is 1.19 bits per heavy atom. The van der Waals surface area contributed by atoms with E-state index in [9.17, 15) is 18.0 Å². The summed E-state index contributed by atoms with van der Waals surface area (Å²) in [5, 5.41) is 2.53. The van der Waals surface area contributed by atoms with Crippen LogP contribution in [0.1, 0.15) is 15.2 Å². The van der Waals surface area contributed by atoms with E-state index >= 15 is 0 Å². The molecule has 0 aliphatic carbocycles. The summed E-state index contributed by atoms with van der Waals surface area (Å²) < 4.78 is 33.7. The van der Waals surface area contributed by atoms with Gasteiger partial charge < -0.3 is 10.1 Å². The van der Waals surface area contributed by atoms with Crippen LogP contribution in [0.2, 0.25) is 4.34 Å². The molecule has 11 heteroatoms. The van der Waals surface area contributed by atoms with E-state index in [0.717, 1.165) is 24.0 Å². The van der Waals surface area contributed by atoms with Gasteiger partial charge in [-0.2, -0.15) is 4.72 Å². The van der Waals surface area contributed by atoms with Crippen molar-refractivity contribution in [1.29, 1.82) is 0 Å². The Morgan fingerprint density at radius 3 is 2.59 bits per heavy atom. The minimum Gasteiger partial charge on any atom is -0.468 e. The maximum absolute atomic E-state index is 13.1. The number of hydrogen-bond donors (Lipinski definition) is 2. The van der Waals surface area contributed by atoms with Crippen LogP contribution in [0.15, 0.2) is 59.8 Å². The Kier molecular flexibility index (Phi) is 7.62. The number of sulfonamides is 1. The Hall–Kier alpha value is -2.79. The third-order valence-corrected chi connectivity index (χ3v) is 7.44. The Balaban J connectivity index is 1.83.